The molecule has 1 aromatic rings. The number of sulfonamides is 1. The van der Waals surface area contributed by atoms with Gasteiger partial charge in [-0.25, -0.2) is 17.5 Å². The molecule has 1 rings (SSSR count). The van der Waals surface area contributed by atoms with Crippen molar-refractivity contribution in [3.8, 4) is 0 Å². The first kappa shape index (κ1) is 18.4. The monoisotopic (exact) mass is 335 g/mol. The molecule has 0 unspecified atom stereocenters. The molecule has 1 aromatic carbocycles. The van der Waals surface area contributed by atoms with Gasteiger partial charge in [-0.2, -0.15) is 0 Å². The third-order valence-corrected chi connectivity index (χ3v) is 5.39. The Labute approximate surface area is 131 Å². The van der Waals surface area contributed by atoms with Crippen molar-refractivity contribution in [1.82, 2.24) is 4.72 Å². The minimum Gasteiger partial charge on any atom is -0.211 e. The largest absolute Gasteiger partial charge is 0.241 e. The molecule has 0 fully saturated rings. The van der Waals surface area contributed by atoms with Crippen molar-refractivity contribution < 1.29 is 12.8 Å². The lowest BCUT2D eigenvalue weighted by Gasteiger charge is -2.25. The molecule has 0 aliphatic heterocycles. The van der Waals surface area contributed by atoms with E-state index in [1.165, 1.54) is 12.1 Å². The Morgan fingerprint density at radius 1 is 1.24 bits per heavy atom. The van der Waals surface area contributed by atoms with Gasteiger partial charge in [0.2, 0.25) is 10.0 Å². The van der Waals surface area contributed by atoms with E-state index in [4.69, 9.17) is 11.6 Å². The van der Waals surface area contributed by atoms with Gasteiger partial charge in [-0.05, 0) is 55.4 Å². The van der Waals surface area contributed by atoms with E-state index in [1.54, 1.807) is 13.8 Å². The Bertz CT molecular complexity index is 577. The average Bonchev–Trinajstić information content (AvgIpc) is 2.33. The zero-order chi connectivity index (χ0) is 16.3. The number of hydrogen-bond acceptors (Lipinski definition) is 2. The van der Waals surface area contributed by atoms with Crippen LogP contribution in [0.5, 0.6) is 0 Å². The summed E-state index contributed by atoms with van der Waals surface area (Å²) in [6.07, 6.45) is 1.67. The molecule has 0 aliphatic carbocycles. The summed E-state index contributed by atoms with van der Waals surface area (Å²) in [7, 11) is -3.65. The minimum atomic E-state index is -3.65. The van der Waals surface area contributed by atoms with Crippen LogP contribution in [0.15, 0.2) is 17.0 Å². The molecular weight excluding hydrogens is 313 g/mol. The first-order chi connectivity index (χ1) is 9.59. The number of hydrogen-bond donors (Lipinski definition) is 1. The molecule has 0 saturated carbocycles. The van der Waals surface area contributed by atoms with E-state index in [2.05, 4.69) is 4.72 Å². The predicted octanol–water partition coefficient (Wildman–Crippen LogP) is 3.77. The van der Waals surface area contributed by atoms with Gasteiger partial charge in [-0.3, -0.25) is 0 Å². The van der Waals surface area contributed by atoms with Gasteiger partial charge >= 0.3 is 0 Å². The van der Waals surface area contributed by atoms with E-state index in [-0.39, 0.29) is 10.3 Å². The summed E-state index contributed by atoms with van der Waals surface area (Å²) in [4.78, 5) is 0.164. The van der Waals surface area contributed by atoms with Crippen LogP contribution in [-0.2, 0) is 10.0 Å². The van der Waals surface area contributed by atoms with Crippen molar-refractivity contribution >= 4 is 21.6 Å². The summed E-state index contributed by atoms with van der Waals surface area (Å²) in [5, 5.41) is 0. The summed E-state index contributed by atoms with van der Waals surface area (Å²) in [5.74, 6) is 0.137. The predicted molar refractivity (Wildman–Crippen MR) is 84.8 cm³/mol. The number of nitrogens with one attached hydrogen (secondary N) is 1. The lowest BCUT2D eigenvalue weighted by molar-refractivity contribution is 0.331. The van der Waals surface area contributed by atoms with Crippen LogP contribution in [0.25, 0.3) is 0 Å². The Kier molecular flexibility index (Phi) is 6.20. The second-order valence-electron chi connectivity index (χ2n) is 6.15. The summed E-state index contributed by atoms with van der Waals surface area (Å²) in [5.41, 5.74) is 0.654. The molecule has 6 heteroatoms. The zero-order valence-electron chi connectivity index (χ0n) is 13.0. The topological polar surface area (TPSA) is 46.2 Å². The second-order valence-corrected chi connectivity index (χ2v) is 8.23. The van der Waals surface area contributed by atoms with E-state index in [9.17, 15) is 12.8 Å². The molecular formula is C15H23ClFNO2S. The van der Waals surface area contributed by atoms with Gasteiger partial charge in [0.1, 0.15) is 5.82 Å². The fraction of sp³-hybridized carbons (Fsp3) is 0.600. The van der Waals surface area contributed by atoms with Crippen LogP contribution in [0.4, 0.5) is 4.39 Å². The normalized spacial score (nSPS) is 12.7. The number of halogens is 2. The van der Waals surface area contributed by atoms with E-state index in [1.807, 2.05) is 13.8 Å². The van der Waals surface area contributed by atoms with Crippen LogP contribution in [-0.4, -0.2) is 20.8 Å². The van der Waals surface area contributed by atoms with Gasteiger partial charge in [0.05, 0.1) is 4.90 Å². The average molecular weight is 336 g/mol. The van der Waals surface area contributed by atoms with Crippen molar-refractivity contribution in [2.24, 2.45) is 5.41 Å². The van der Waals surface area contributed by atoms with Gasteiger partial charge in [0.25, 0.3) is 0 Å². The highest BCUT2D eigenvalue weighted by Gasteiger charge is 2.24. The van der Waals surface area contributed by atoms with Crippen molar-refractivity contribution in [3.63, 3.8) is 0 Å². The molecule has 3 nitrogen and oxygen atoms in total. The molecule has 0 heterocycles. The standard InChI is InChI=1S/C15H23ClFNO2S/c1-11-8-13(17)9-12(2)14(11)21(19,20)18-10-15(3,4)6-5-7-16/h8-9,18H,5-7,10H2,1-4H3. The van der Waals surface area contributed by atoms with E-state index in [0.717, 1.165) is 12.8 Å². The maximum Gasteiger partial charge on any atom is 0.241 e. The molecule has 0 amide bonds. The molecule has 0 atom stereocenters. The minimum absolute atomic E-state index is 0.164. The molecule has 0 bridgehead atoms. The molecule has 21 heavy (non-hydrogen) atoms. The summed E-state index contributed by atoms with van der Waals surface area (Å²) < 4.78 is 40.8. The van der Waals surface area contributed by atoms with Crippen LogP contribution in [0.3, 0.4) is 0 Å². The Balaban J connectivity index is 2.93. The van der Waals surface area contributed by atoms with Crippen LogP contribution in [0.1, 0.15) is 37.8 Å². The Morgan fingerprint density at radius 2 is 1.76 bits per heavy atom. The van der Waals surface area contributed by atoms with Gasteiger partial charge in [0.15, 0.2) is 0 Å². The van der Waals surface area contributed by atoms with E-state index < -0.39 is 15.8 Å². The third kappa shape index (κ3) is 5.24. The van der Waals surface area contributed by atoms with Gasteiger partial charge in [0, 0.05) is 12.4 Å². The smallest absolute Gasteiger partial charge is 0.211 e. The van der Waals surface area contributed by atoms with Gasteiger partial charge in [-0.1, -0.05) is 13.8 Å². The molecule has 0 saturated heterocycles. The Hall–Kier alpha value is -0.650. The Morgan fingerprint density at radius 3 is 2.24 bits per heavy atom. The van der Waals surface area contributed by atoms with Gasteiger partial charge in [-0.15, -0.1) is 11.6 Å². The van der Waals surface area contributed by atoms with E-state index >= 15 is 0 Å². The first-order valence-electron chi connectivity index (χ1n) is 6.91. The second kappa shape index (κ2) is 7.07. The number of benzene rings is 1. The van der Waals surface area contributed by atoms with Crippen molar-refractivity contribution in [1.29, 1.82) is 0 Å². The SMILES string of the molecule is Cc1cc(F)cc(C)c1S(=O)(=O)NCC(C)(C)CCCCl. The van der Waals surface area contributed by atoms with Crippen molar-refractivity contribution in [3.05, 3.63) is 29.1 Å². The summed E-state index contributed by atoms with van der Waals surface area (Å²) in [6.45, 7) is 7.51. The highest BCUT2D eigenvalue weighted by atomic mass is 35.5. The lowest BCUT2D eigenvalue weighted by atomic mass is 9.88. The maximum atomic E-state index is 13.3. The highest BCUT2D eigenvalue weighted by Crippen LogP contribution is 2.25. The molecule has 120 valence electrons. The van der Waals surface area contributed by atoms with Crippen LogP contribution in [0.2, 0.25) is 0 Å². The van der Waals surface area contributed by atoms with Crippen molar-refractivity contribution in [2.75, 3.05) is 12.4 Å². The number of rotatable bonds is 7. The van der Waals surface area contributed by atoms with Gasteiger partial charge < -0.3 is 0 Å². The summed E-state index contributed by atoms with van der Waals surface area (Å²) >= 11 is 5.68. The molecule has 0 radical (unpaired) electrons. The molecule has 1 N–H and O–H groups in total. The fourth-order valence-electron chi connectivity index (χ4n) is 2.32. The van der Waals surface area contributed by atoms with Crippen LogP contribution >= 0.6 is 11.6 Å². The first-order valence-corrected chi connectivity index (χ1v) is 8.93. The van der Waals surface area contributed by atoms with Crippen LogP contribution in [0, 0.1) is 25.1 Å². The van der Waals surface area contributed by atoms with Crippen molar-refractivity contribution in [2.45, 2.75) is 45.4 Å². The number of alkyl halides is 1. The molecule has 0 aliphatic rings. The quantitative estimate of drug-likeness (QED) is 0.771. The number of aryl methyl sites for hydroxylation is 2. The maximum absolute atomic E-state index is 13.3. The third-order valence-electron chi connectivity index (χ3n) is 3.42. The zero-order valence-corrected chi connectivity index (χ0v) is 14.5. The molecule has 0 spiro atoms. The van der Waals surface area contributed by atoms with E-state index in [0.29, 0.717) is 23.6 Å². The molecule has 0 aromatic heterocycles. The summed E-state index contributed by atoms with van der Waals surface area (Å²) in [6, 6.07) is 2.47. The highest BCUT2D eigenvalue weighted by molar-refractivity contribution is 7.89. The lowest BCUT2D eigenvalue weighted by Crippen LogP contribution is -2.34. The fourth-order valence-corrected chi connectivity index (χ4v) is 4.14. The van der Waals surface area contributed by atoms with Crippen LogP contribution < -0.4 is 4.72 Å².